The molecule has 4 rings (SSSR count). The van der Waals surface area contributed by atoms with E-state index in [1.54, 1.807) is 30.1 Å². The monoisotopic (exact) mass is 749 g/mol. The lowest BCUT2D eigenvalue weighted by Crippen LogP contribution is -2.55. The number of carbonyl (C=O) groups is 3. The fourth-order valence-corrected chi connectivity index (χ4v) is 7.19. The molecule has 280 valence electrons. The third kappa shape index (κ3) is 12.6. The van der Waals surface area contributed by atoms with Gasteiger partial charge in [0.05, 0.1) is 34.8 Å². The third-order valence-corrected chi connectivity index (χ3v) is 10.3. The van der Waals surface area contributed by atoms with Gasteiger partial charge in [-0.25, -0.2) is 14.6 Å². The van der Waals surface area contributed by atoms with Gasteiger partial charge in [0.1, 0.15) is 12.6 Å². The number of anilines is 1. The zero-order valence-corrected chi connectivity index (χ0v) is 32.2. The number of ether oxygens (including phenoxy) is 1. The molecule has 0 aliphatic rings. The van der Waals surface area contributed by atoms with Crippen LogP contribution in [0.15, 0.2) is 77.8 Å². The molecule has 0 aliphatic heterocycles. The van der Waals surface area contributed by atoms with Crippen molar-refractivity contribution in [1.82, 2.24) is 30.8 Å². The fourth-order valence-electron chi connectivity index (χ4n) is 5.73. The fraction of sp³-hybridized carbons (Fsp3) is 0.447. The Morgan fingerprint density at radius 1 is 0.904 bits per heavy atom. The van der Waals surface area contributed by atoms with Crippen LogP contribution in [0.2, 0.25) is 0 Å². The first-order valence-corrected chi connectivity index (χ1v) is 19.4. The van der Waals surface area contributed by atoms with E-state index < -0.39 is 36.4 Å². The van der Waals surface area contributed by atoms with E-state index in [9.17, 15) is 19.5 Å². The molecule has 2 aromatic carbocycles. The summed E-state index contributed by atoms with van der Waals surface area (Å²) in [6.07, 6.45) is 0.823. The summed E-state index contributed by atoms with van der Waals surface area (Å²) in [7, 11) is 1.68. The quantitative estimate of drug-likeness (QED) is 0.0965. The van der Waals surface area contributed by atoms with Crippen LogP contribution >= 0.6 is 22.7 Å². The standard InChI is InChI=1S/C38H51N7O5S2/c1-6-45(7-2)37-41-30(24-51-37)22-44(5)36(48)43-34(26(3)4)35(47)40-29(18-27-14-10-8-11-15-27)20-33(46)32(19-28-16-12-9-13-17-28)42-38(49)50-23-31-21-39-25-52-31/h8-17,21,24-26,29,32-34,46H,6-7,18-20,22-23H2,1-5H3,(H,40,47)(H,42,49)(H,43,48)/t29-,32-,33-,34-/m0/s1. The first kappa shape index (κ1) is 40.2. The molecule has 4 aromatic rings. The first-order chi connectivity index (χ1) is 25.1. The Kier molecular flexibility index (Phi) is 15.9. The summed E-state index contributed by atoms with van der Waals surface area (Å²) in [5, 5.41) is 23.4. The molecule has 52 heavy (non-hydrogen) atoms. The maximum atomic E-state index is 13.9. The number of hydrogen-bond acceptors (Lipinski definition) is 10. The van der Waals surface area contributed by atoms with Gasteiger partial charge in [0.15, 0.2) is 5.13 Å². The number of aliphatic hydroxyl groups is 1. The van der Waals surface area contributed by atoms with Crippen molar-refractivity contribution in [2.75, 3.05) is 25.0 Å². The van der Waals surface area contributed by atoms with Crippen LogP contribution in [0.1, 0.15) is 55.8 Å². The van der Waals surface area contributed by atoms with E-state index in [1.165, 1.54) is 16.2 Å². The number of thiazole rings is 2. The highest BCUT2D eigenvalue weighted by Gasteiger charge is 2.31. The number of carbonyl (C=O) groups excluding carboxylic acids is 3. The van der Waals surface area contributed by atoms with Crippen molar-refractivity contribution in [3.8, 4) is 0 Å². The van der Waals surface area contributed by atoms with Crippen molar-refractivity contribution >= 4 is 45.8 Å². The molecule has 0 saturated heterocycles. The van der Waals surface area contributed by atoms with E-state index in [0.717, 1.165) is 39.9 Å². The summed E-state index contributed by atoms with van der Waals surface area (Å²) in [5.41, 5.74) is 4.33. The number of aromatic nitrogens is 2. The maximum absolute atomic E-state index is 13.9. The van der Waals surface area contributed by atoms with Crippen LogP contribution in [0.3, 0.4) is 0 Å². The molecule has 0 radical (unpaired) electrons. The van der Waals surface area contributed by atoms with E-state index in [1.807, 2.05) is 79.9 Å². The molecular formula is C38H51N7O5S2. The van der Waals surface area contributed by atoms with Crippen molar-refractivity contribution in [2.45, 2.75) is 84.3 Å². The topological polar surface area (TPSA) is 149 Å². The Labute approximate surface area is 314 Å². The summed E-state index contributed by atoms with van der Waals surface area (Å²) >= 11 is 2.92. The largest absolute Gasteiger partial charge is 0.444 e. The normalized spacial score (nSPS) is 13.4. The number of nitrogens with one attached hydrogen (secondary N) is 3. The molecule has 4 amide bonds. The van der Waals surface area contributed by atoms with Gasteiger partial charge in [-0.05, 0) is 50.2 Å². The third-order valence-electron chi connectivity index (χ3n) is 8.64. The van der Waals surface area contributed by atoms with Crippen molar-refractivity contribution in [1.29, 1.82) is 0 Å². The number of amides is 4. The second-order valence-corrected chi connectivity index (χ2v) is 14.8. The minimum Gasteiger partial charge on any atom is -0.444 e. The minimum absolute atomic E-state index is 0.0654. The molecule has 4 atom stereocenters. The first-order valence-electron chi connectivity index (χ1n) is 17.6. The van der Waals surface area contributed by atoms with Crippen LogP contribution in [0.25, 0.3) is 0 Å². The maximum Gasteiger partial charge on any atom is 0.407 e. The van der Waals surface area contributed by atoms with Gasteiger partial charge in [-0.15, -0.1) is 22.7 Å². The molecule has 14 heteroatoms. The van der Waals surface area contributed by atoms with Crippen LogP contribution in [0.4, 0.5) is 14.7 Å². The number of alkyl carbamates (subject to hydrolysis) is 1. The second-order valence-electron chi connectivity index (χ2n) is 13.0. The molecule has 2 heterocycles. The highest BCUT2D eigenvalue weighted by Crippen LogP contribution is 2.21. The van der Waals surface area contributed by atoms with Crippen LogP contribution in [-0.2, 0) is 35.5 Å². The van der Waals surface area contributed by atoms with E-state index in [2.05, 4.69) is 39.7 Å². The van der Waals surface area contributed by atoms with Crippen LogP contribution < -0.4 is 20.9 Å². The average molecular weight is 750 g/mol. The van der Waals surface area contributed by atoms with Gasteiger partial charge in [0.25, 0.3) is 0 Å². The summed E-state index contributed by atoms with van der Waals surface area (Å²) in [6, 6.07) is 16.8. The Hall–Kier alpha value is -4.53. The molecule has 0 aliphatic carbocycles. The predicted molar refractivity (Wildman–Crippen MR) is 206 cm³/mol. The van der Waals surface area contributed by atoms with E-state index in [4.69, 9.17) is 9.72 Å². The summed E-state index contributed by atoms with van der Waals surface area (Å²) < 4.78 is 5.43. The summed E-state index contributed by atoms with van der Waals surface area (Å²) in [6.45, 7) is 9.96. The van der Waals surface area contributed by atoms with Gasteiger partial charge in [-0.2, -0.15) is 0 Å². The summed E-state index contributed by atoms with van der Waals surface area (Å²) in [5.74, 6) is -0.590. The molecule has 4 N–H and O–H groups in total. The van der Waals surface area contributed by atoms with Gasteiger partial charge >= 0.3 is 12.1 Å². The smallest absolute Gasteiger partial charge is 0.407 e. The lowest BCUT2D eigenvalue weighted by molar-refractivity contribution is -0.124. The summed E-state index contributed by atoms with van der Waals surface area (Å²) in [4.78, 5) is 53.4. The number of hydrogen-bond donors (Lipinski definition) is 4. The SMILES string of the molecule is CCN(CC)c1nc(CN(C)C(=O)N[C@H](C(=O)N[C@@H](Cc2ccccc2)C[C@H](O)[C@H](Cc2ccccc2)NC(=O)OCc2cncs2)C(C)C)cs1. The van der Waals surface area contributed by atoms with Gasteiger partial charge in [0.2, 0.25) is 5.91 Å². The van der Waals surface area contributed by atoms with Gasteiger partial charge in [0, 0.05) is 37.8 Å². The highest BCUT2D eigenvalue weighted by atomic mass is 32.1. The number of nitrogens with zero attached hydrogens (tertiary/aromatic N) is 4. The van der Waals surface area contributed by atoms with Crippen LogP contribution in [0.5, 0.6) is 0 Å². The molecule has 0 fully saturated rings. The molecule has 0 saturated carbocycles. The average Bonchev–Trinajstić information content (AvgIpc) is 3.83. The van der Waals surface area contributed by atoms with Crippen molar-refractivity contribution < 1.29 is 24.2 Å². The van der Waals surface area contributed by atoms with Crippen LogP contribution in [-0.4, -0.2) is 82.4 Å². The Bertz CT molecular complexity index is 1650. The molecule has 0 unspecified atom stereocenters. The van der Waals surface area contributed by atoms with Crippen molar-refractivity contribution in [3.05, 3.63) is 99.4 Å². The Balaban J connectivity index is 1.46. The van der Waals surface area contributed by atoms with E-state index in [0.29, 0.717) is 19.4 Å². The zero-order chi connectivity index (χ0) is 37.5. The number of aliphatic hydroxyl groups excluding tert-OH is 1. The van der Waals surface area contributed by atoms with Gasteiger partial charge in [-0.3, -0.25) is 9.78 Å². The molecule has 2 aromatic heterocycles. The van der Waals surface area contributed by atoms with Crippen molar-refractivity contribution in [3.63, 3.8) is 0 Å². The molecule has 0 bridgehead atoms. The lowest BCUT2D eigenvalue weighted by Gasteiger charge is -2.30. The minimum atomic E-state index is -1.05. The lowest BCUT2D eigenvalue weighted by atomic mass is 9.93. The van der Waals surface area contributed by atoms with Crippen LogP contribution in [0, 0.1) is 5.92 Å². The second kappa shape index (κ2) is 20.5. The Morgan fingerprint density at radius 3 is 2.15 bits per heavy atom. The number of urea groups is 1. The van der Waals surface area contributed by atoms with E-state index in [-0.39, 0.29) is 24.9 Å². The molecule has 12 nitrogen and oxygen atoms in total. The zero-order valence-electron chi connectivity index (χ0n) is 30.5. The predicted octanol–water partition coefficient (Wildman–Crippen LogP) is 5.63. The van der Waals surface area contributed by atoms with Crippen molar-refractivity contribution in [2.24, 2.45) is 5.92 Å². The number of rotatable bonds is 19. The molecule has 0 spiro atoms. The highest BCUT2D eigenvalue weighted by molar-refractivity contribution is 7.13. The van der Waals surface area contributed by atoms with Gasteiger partial charge in [-0.1, -0.05) is 74.5 Å². The molecular weight excluding hydrogens is 699 g/mol. The Morgan fingerprint density at radius 2 is 1.56 bits per heavy atom. The number of benzene rings is 2. The van der Waals surface area contributed by atoms with E-state index >= 15 is 0 Å². The van der Waals surface area contributed by atoms with Gasteiger partial charge < -0.3 is 35.6 Å².